The molecule has 2 aliphatic heterocycles. The van der Waals surface area contributed by atoms with Crippen molar-refractivity contribution >= 4 is 17.4 Å². The lowest BCUT2D eigenvalue weighted by Crippen LogP contribution is -2.33. The van der Waals surface area contributed by atoms with Crippen LogP contribution in [0.25, 0.3) is 0 Å². The third kappa shape index (κ3) is 2.53. The van der Waals surface area contributed by atoms with Crippen molar-refractivity contribution in [3.63, 3.8) is 0 Å². The quantitative estimate of drug-likeness (QED) is 0.862. The molecule has 2 unspecified atom stereocenters. The largest absolute Gasteiger partial charge is 0.380 e. The zero-order chi connectivity index (χ0) is 13.9. The number of benzene rings is 1. The minimum atomic E-state index is 0.506. The Morgan fingerprint density at radius 3 is 3.10 bits per heavy atom. The molecule has 106 valence electrons. The van der Waals surface area contributed by atoms with Gasteiger partial charge in [0.2, 0.25) is 0 Å². The molecule has 3 rings (SSSR count). The topological polar surface area (TPSA) is 39.1 Å². The van der Waals surface area contributed by atoms with Crippen molar-refractivity contribution in [1.29, 1.82) is 5.26 Å². The smallest absolute Gasteiger partial charge is 0.102 e. The zero-order valence-corrected chi connectivity index (χ0v) is 12.7. The Balaban J connectivity index is 1.80. The first-order valence-corrected chi connectivity index (χ1v) is 8.48. The minimum Gasteiger partial charge on any atom is -0.380 e. The fraction of sp³-hybridized carbons (Fsp3) is 0.562. The fourth-order valence-electron chi connectivity index (χ4n) is 3.49. The van der Waals surface area contributed by atoms with Gasteiger partial charge in [-0.2, -0.15) is 5.26 Å². The molecule has 0 bridgehead atoms. The Labute approximate surface area is 125 Å². The predicted octanol–water partition coefficient (Wildman–Crippen LogP) is 3.32. The number of hydrogen-bond acceptors (Lipinski definition) is 4. The number of nitrogens with one attached hydrogen (secondary N) is 1. The molecule has 0 saturated carbocycles. The average Bonchev–Trinajstić information content (AvgIpc) is 3.04. The molecule has 1 aromatic carbocycles. The van der Waals surface area contributed by atoms with E-state index in [9.17, 15) is 5.26 Å². The molecule has 2 saturated heterocycles. The highest BCUT2D eigenvalue weighted by atomic mass is 32.2. The standard InChI is InChI=1S/C16H21N3S/c1-2-20-16-7-3-5-13(12(16)11-17)18-14-8-10-19-9-4-6-15(14)19/h3,5,7,14-15,18H,2,4,6,8-10H2,1H3. The summed E-state index contributed by atoms with van der Waals surface area (Å²) in [5.74, 6) is 0.998. The Kier molecular flexibility index (Phi) is 4.18. The zero-order valence-electron chi connectivity index (χ0n) is 11.9. The second-order valence-electron chi connectivity index (χ2n) is 5.51. The van der Waals surface area contributed by atoms with Crippen LogP contribution in [0.4, 0.5) is 5.69 Å². The van der Waals surface area contributed by atoms with Gasteiger partial charge >= 0.3 is 0 Å². The first-order valence-electron chi connectivity index (χ1n) is 7.50. The second kappa shape index (κ2) is 6.07. The van der Waals surface area contributed by atoms with Gasteiger partial charge in [0.15, 0.2) is 0 Å². The monoisotopic (exact) mass is 287 g/mol. The number of hydrogen-bond donors (Lipinski definition) is 1. The molecule has 3 nitrogen and oxygen atoms in total. The second-order valence-corrected chi connectivity index (χ2v) is 6.81. The summed E-state index contributed by atoms with van der Waals surface area (Å²) in [7, 11) is 0. The first kappa shape index (κ1) is 13.8. The Bertz CT molecular complexity index is 523. The summed E-state index contributed by atoms with van der Waals surface area (Å²) in [6.45, 7) is 4.58. The molecule has 0 radical (unpaired) electrons. The van der Waals surface area contributed by atoms with Gasteiger partial charge in [0.1, 0.15) is 6.07 Å². The molecular weight excluding hydrogens is 266 g/mol. The lowest BCUT2D eigenvalue weighted by molar-refractivity contribution is 0.318. The molecule has 1 aromatic rings. The van der Waals surface area contributed by atoms with E-state index in [0.717, 1.165) is 21.9 Å². The van der Waals surface area contributed by atoms with E-state index >= 15 is 0 Å². The summed E-state index contributed by atoms with van der Waals surface area (Å²) >= 11 is 1.75. The van der Waals surface area contributed by atoms with Crippen LogP contribution < -0.4 is 5.32 Å². The van der Waals surface area contributed by atoms with E-state index in [1.54, 1.807) is 11.8 Å². The highest BCUT2D eigenvalue weighted by Crippen LogP contribution is 2.33. The molecule has 20 heavy (non-hydrogen) atoms. The van der Waals surface area contributed by atoms with E-state index in [1.165, 1.54) is 32.4 Å². The Hall–Kier alpha value is -1.18. The van der Waals surface area contributed by atoms with Crippen molar-refractivity contribution in [2.45, 2.75) is 43.2 Å². The molecule has 2 aliphatic rings. The Morgan fingerprint density at radius 2 is 2.30 bits per heavy atom. The maximum absolute atomic E-state index is 9.47. The van der Waals surface area contributed by atoms with Gasteiger partial charge in [-0.1, -0.05) is 13.0 Å². The molecule has 2 atom stereocenters. The number of nitrogens with zero attached hydrogens (tertiary/aromatic N) is 2. The lowest BCUT2D eigenvalue weighted by Gasteiger charge is -2.23. The summed E-state index contributed by atoms with van der Waals surface area (Å²) in [5.41, 5.74) is 1.83. The van der Waals surface area contributed by atoms with Gasteiger partial charge in [-0.15, -0.1) is 11.8 Å². The lowest BCUT2D eigenvalue weighted by atomic mass is 10.1. The van der Waals surface area contributed by atoms with Crippen LogP contribution in [-0.4, -0.2) is 35.8 Å². The highest BCUT2D eigenvalue weighted by molar-refractivity contribution is 7.99. The molecule has 1 N–H and O–H groups in total. The SMILES string of the molecule is CCSc1cccc(NC2CCN3CCCC23)c1C#N. The van der Waals surface area contributed by atoms with Gasteiger partial charge in [-0.25, -0.2) is 0 Å². The number of rotatable bonds is 4. The van der Waals surface area contributed by atoms with E-state index in [4.69, 9.17) is 0 Å². The number of nitriles is 1. The van der Waals surface area contributed by atoms with Gasteiger partial charge in [0, 0.05) is 23.5 Å². The van der Waals surface area contributed by atoms with Gasteiger partial charge in [-0.05, 0) is 43.7 Å². The van der Waals surface area contributed by atoms with E-state index in [0.29, 0.717) is 12.1 Å². The van der Waals surface area contributed by atoms with Crippen molar-refractivity contribution in [3.8, 4) is 6.07 Å². The van der Waals surface area contributed by atoms with Crippen LogP contribution in [0.1, 0.15) is 31.7 Å². The molecule has 2 heterocycles. The van der Waals surface area contributed by atoms with Crippen molar-refractivity contribution in [2.75, 3.05) is 24.2 Å². The molecular formula is C16H21N3S. The summed E-state index contributed by atoms with van der Waals surface area (Å²) in [6, 6.07) is 9.72. The summed E-state index contributed by atoms with van der Waals surface area (Å²) in [6.07, 6.45) is 3.81. The third-order valence-electron chi connectivity index (χ3n) is 4.38. The molecule has 0 spiro atoms. The molecule has 0 aliphatic carbocycles. The first-order chi connectivity index (χ1) is 9.83. The Morgan fingerprint density at radius 1 is 1.40 bits per heavy atom. The summed E-state index contributed by atoms with van der Waals surface area (Å²) in [4.78, 5) is 3.69. The van der Waals surface area contributed by atoms with Gasteiger partial charge in [0.25, 0.3) is 0 Å². The molecule has 0 aromatic heterocycles. The van der Waals surface area contributed by atoms with Crippen LogP contribution in [0.15, 0.2) is 23.1 Å². The van der Waals surface area contributed by atoms with Crippen molar-refractivity contribution < 1.29 is 0 Å². The van der Waals surface area contributed by atoms with Crippen LogP contribution in [0.3, 0.4) is 0 Å². The fourth-order valence-corrected chi connectivity index (χ4v) is 4.28. The minimum absolute atomic E-state index is 0.506. The van der Waals surface area contributed by atoms with Crippen LogP contribution in [0.5, 0.6) is 0 Å². The summed E-state index contributed by atoms with van der Waals surface area (Å²) < 4.78 is 0. The van der Waals surface area contributed by atoms with Crippen molar-refractivity contribution in [3.05, 3.63) is 23.8 Å². The predicted molar refractivity (Wildman–Crippen MR) is 84.2 cm³/mol. The average molecular weight is 287 g/mol. The molecule has 4 heteroatoms. The van der Waals surface area contributed by atoms with Gasteiger partial charge < -0.3 is 5.32 Å². The van der Waals surface area contributed by atoms with E-state index < -0.39 is 0 Å². The molecule has 0 amide bonds. The van der Waals surface area contributed by atoms with Crippen molar-refractivity contribution in [2.24, 2.45) is 0 Å². The maximum atomic E-state index is 9.47. The van der Waals surface area contributed by atoms with Crippen LogP contribution in [0.2, 0.25) is 0 Å². The molecule has 2 fully saturated rings. The maximum Gasteiger partial charge on any atom is 0.102 e. The van der Waals surface area contributed by atoms with Crippen LogP contribution in [0, 0.1) is 11.3 Å². The normalized spacial score (nSPS) is 25.4. The van der Waals surface area contributed by atoms with E-state index in [-0.39, 0.29) is 0 Å². The number of fused-ring (bicyclic) bond motifs is 1. The van der Waals surface area contributed by atoms with Gasteiger partial charge in [0.05, 0.1) is 11.3 Å². The van der Waals surface area contributed by atoms with Crippen molar-refractivity contribution in [1.82, 2.24) is 4.90 Å². The number of thioether (sulfide) groups is 1. The summed E-state index contributed by atoms with van der Waals surface area (Å²) in [5, 5.41) is 13.1. The van der Waals surface area contributed by atoms with Crippen LogP contribution >= 0.6 is 11.8 Å². The number of anilines is 1. The van der Waals surface area contributed by atoms with Gasteiger partial charge in [-0.3, -0.25) is 4.90 Å². The van der Waals surface area contributed by atoms with E-state index in [2.05, 4.69) is 41.4 Å². The van der Waals surface area contributed by atoms with Crippen LogP contribution in [-0.2, 0) is 0 Å². The third-order valence-corrected chi connectivity index (χ3v) is 5.32. The highest BCUT2D eigenvalue weighted by Gasteiger charge is 2.37. The van der Waals surface area contributed by atoms with E-state index in [1.807, 2.05) is 0 Å².